The molecular formula is C26H31F6N7O2. The summed E-state index contributed by atoms with van der Waals surface area (Å²) in [4.78, 5) is 20.5. The number of pyridine rings is 1. The van der Waals surface area contributed by atoms with E-state index in [1.54, 1.807) is 32.9 Å². The van der Waals surface area contributed by atoms with Gasteiger partial charge < -0.3 is 15.4 Å². The maximum absolute atomic E-state index is 13.6. The second-order valence-corrected chi connectivity index (χ2v) is 9.76. The summed E-state index contributed by atoms with van der Waals surface area (Å²) in [7, 11) is 1.32. The quantitative estimate of drug-likeness (QED) is 0.131. The van der Waals surface area contributed by atoms with Crippen LogP contribution in [0.5, 0.6) is 0 Å². The van der Waals surface area contributed by atoms with Crippen molar-refractivity contribution in [2.24, 2.45) is 21.2 Å². The maximum Gasteiger partial charge on any atom is 0.416 e. The predicted octanol–water partition coefficient (Wildman–Crippen LogP) is 6.82. The molecule has 0 spiro atoms. The number of rotatable bonds is 6. The zero-order valence-electron chi connectivity index (χ0n) is 23.1. The fourth-order valence-electron chi connectivity index (χ4n) is 4.63. The summed E-state index contributed by atoms with van der Waals surface area (Å²) in [6, 6.07) is 3.39. The molecule has 3 rings (SSSR count). The first kappa shape index (κ1) is 31.6. The number of fused-ring (bicyclic) bond motifs is 1. The molecule has 0 radical (unpaired) electrons. The van der Waals surface area contributed by atoms with Crippen LogP contribution in [0.15, 0.2) is 45.8 Å². The molecule has 1 amide bonds. The van der Waals surface area contributed by atoms with Gasteiger partial charge in [0.25, 0.3) is 0 Å². The number of alkyl halides is 6. The van der Waals surface area contributed by atoms with E-state index in [2.05, 4.69) is 20.4 Å². The highest BCUT2D eigenvalue weighted by atomic mass is 19.4. The number of ether oxygens (including phenoxy) is 1. The molecule has 1 aromatic carbocycles. The Morgan fingerprint density at radius 1 is 1.15 bits per heavy atom. The molecule has 0 fully saturated rings. The Balaban J connectivity index is 2.21. The zero-order chi connectivity index (χ0) is 30.7. The highest BCUT2D eigenvalue weighted by Gasteiger charge is 2.42. The Labute approximate surface area is 233 Å². The molecule has 0 bridgehead atoms. The lowest BCUT2D eigenvalue weighted by atomic mass is 9.91. The van der Waals surface area contributed by atoms with Crippen LogP contribution < -0.4 is 10.6 Å². The predicted molar refractivity (Wildman–Crippen MR) is 139 cm³/mol. The minimum atomic E-state index is -5.03. The number of guanidine groups is 1. The molecule has 1 aromatic heterocycles. The van der Waals surface area contributed by atoms with E-state index < -0.39 is 54.3 Å². The standard InChI is InChI=1S/C26H31F6N7O2/c1-6-19-12-21(22-20(8-7-15(4)35-22)39(19)24(40)41-14(2)3)38(23(33)36-37-34-5)13-16-9-17(25(27,28)29)11-18(10-16)26(30,31)32/h7-11,14,19,21H,6,12-13H2,1-5H3,(H2,33,34,36)/t19-,21+/m0/s1. The molecule has 1 aliphatic rings. The van der Waals surface area contributed by atoms with E-state index in [1.807, 2.05) is 6.92 Å². The van der Waals surface area contributed by atoms with E-state index >= 15 is 0 Å². The zero-order valence-corrected chi connectivity index (χ0v) is 23.1. The third-order valence-electron chi connectivity index (χ3n) is 6.39. The number of carbonyl (C=O) groups is 1. The molecule has 0 unspecified atom stereocenters. The first-order valence-corrected chi connectivity index (χ1v) is 12.7. The molecule has 2 atom stereocenters. The van der Waals surface area contributed by atoms with Crippen molar-refractivity contribution < 1.29 is 35.9 Å². The summed E-state index contributed by atoms with van der Waals surface area (Å²) < 4.78 is 87.0. The molecular weight excluding hydrogens is 556 g/mol. The average molecular weight is 588 g/mol. The molecule has 2 heterocycles. The Morgan fingerprint density at radius 3 is 2.27 bits per heavy atom. The minimum absolute atomic E-state index is 0.0583. The van der Waals surface area contributed by atoms with Crippen molar-refractivity contribution in [3.8, 4) is 0 Å². The number of nitrogens with zero attached hydrogens (tertiary/aromatic N) is 6. The molecule has 2 aromatic rings. The van der Waals surface area contributed by atoms with Gasteiger partial charge in [0.15, 0.2) is 0 Å². The highest BCUT2D eigenvalue weighted by Crippen LogP contribution is 2.42. The summed E-state index contributed by atoms with van der Waals surface area (Å²) in [5.41, 5.74) is 4.24. The van der Waals surface area contributed by atoms with Crippen molar-refractivity contribution in [3.05, 3.63) is 58.4 Å². The van der Waals surface area contributed by atoms with Crippen molar-refractivity contribution in [2.45, 2.75) is 77.6 Å². The summed E-state index contributed by atoms with van der Waals surface area (Å²) in [6.45, 7) is 6.43. The number of halogens is 6. The molecule has 0 saturated carbocycles. The SMILES string of the molecule is CC[C@H]1C[C@@H](N(Cc2cc(C(F)(F)F)cc(C(F)(F)F)c2)C(N)=NN=NC)c2nc(C)ccc2N1C(=O)OC(C)C. The van der Waals surface area contributed by atoms with Gasteiger partial charge in [-0.3, -0.25) is 9.88 Å². The molecule has 1 aliphatic heterocycles. The van der Waals surface area contributed by atoms with Crippen molar-refractivity contribution in [2.75, 3.05) is 11.9 Å². The number of aryl methyl sites for hydroxylation is 1. The molecule has 2 N–H and O–H groups in total. The van der Waals surface area contributed by atoms with Crippen LogP contribution in [0.2, 0.25) is 0 Å². The van der Waals surface area contributed by atoms with Gasteiger partial charge in [-0.25, -0.2) is 4.79 Å². The van der Waals surface area contributed by atoms with Crippen LogP contribution in [0.3, 0.4) is 0 Å². The van der Waals surface area contributed by atoms with Crippen molar-refractivity contribution in [3.63, 3.8) is 0 Å². The van der Waals surface area contributed by atoms with Gasteiger partial charge in [0.2, 0.25) is 5.96 Å². The van der Waals surface area contributed by atoms with Gasteiger partial charge in [-0.05, 0) is 74.7 Å². The fraction of sp³-hybridized carbons (Fsp3) is 0.500. The van der Waals surface area contributed by atoms with E-state index in [9.17, 15) is 31.1 Å². The van der Waals surface area contributed by atoms with Crippen molar-refractivity contribution in [1.82, 2.24) is 9.88 Å². The molecule has 224 valence electrons. The summed E-state index contributed by atoms with van der Waals surface area (Å²) >= 11 is 0. The fourth-order valence-corrected chi connectivity index (χ4v) is 4.63. The van der Waals surface area contributed by atoms with E-state index in [-0.39, 0.29) is 24.0 Å². The molecule has 0 saturated heterocycles. The van der Waals surface area contributed by atoms with Gasteiger partial charge in [0.1, 0.15) is 0 Å². The van der Waals surface area contributed by atoms with Crippen LogP contribution in [0.25, 0.3) is 0 Å². The minimum Gasteiger partial charge on any atom is -0.446 e. The number of hydrogen-bond donors (Lipinski definition) is 1. The van der Waals surface area contributed by atoms with E-state index in [4.69, 9.17) is 10.5 Å². The van der Waals surface area contributed by atoms with Gasteiger partial charge >= 0.3 is 18.4 Å². The summed E-state index contributed by atoms with van der Waals surface area (Å²) in [6.07, 6.45) is -10.5. The lowest BCUT2D eigenvalue weighted by molar-refractivity contribution is -0.143. The Morgan fingerprint density at radius 2 is 1.76 bits per heavy atom. The highest BCUT2D eigenvalue weighted by molar-refractivity contribution is 5.90. The lowest BCUT2D eigenvalue weighted by Crippen LogP contribution is -2.50. The maximum atomic E-state index is 13.6. The second kappa shape index (κ2) is 12.3. The largest absolute Gasteiger partial charge is 0.446 e. The Hall–Kier alpha value is -3.91. The second-order valence-electron chi connectivity index (χ2n) is 9.76. The van der Waals surface area contributed by atoms with Crippen LogP contribution in [-0.2, 0) is 23.6 Å². The number of aromatic nitrogens is 1. The topological polar surface area (TPSA) is 109 Å². The van der Waals surface area contributed by atoms with E-state index in [0.717, 1.165) is 0 Å². The van der Waals surface area contributed by atoms with Crippen LogP contribution in [0.4, 0.5) is 36.8 Å². The number of benzene rings is 1. The van der Waals surface area contributed by atoms with Gasteiger partial charge in [-0.2, -0.15) is 31.5 Å². The van der Waals surface area contributed by atoms with Gasteiger partial charge in [0, 0.05) is 18.3 Å². The van der Waals surface area contributed by atoms with Gasteiger partial charge in [0.05, 0.1) is 41.7 Å². The van der Waals surface area contributed by atoms with Gasteiger partial charge in [-0.1, -0.05) is 12.0 Å². The first-order valence-electron chi connectivity index (χ1n) is 12.7. The number of anilines is 1. The molecule has 15 heteroatoms. The number of hydrogen-bond acceptors (Lipinski definition) is 5. The first-order chi connectivity index (χ1) is 19.1. The molecule has 0 aliphatic carbocycles. The van der Waals surface area contributed by atoms with E-state index in [1.165, 1.54) is 16.8 Å². The number of carbonyl (C=O) groups excluding carboxylic acids is 1. The monoisotopic (exact) mass is 587 g/mol. The Bertz CT molecular complexity index is 1280. The van der Waals surface area contributed by atoms with Crippen molar-refractivity contribution >= 4 is 17.7 Å². The Kier molecular flexibility index (Phi) is 9.49. The van der Waals surface area contributed by atoms with Crippen LogP contribution in [0, 0.1) is 6.92 Å². The smallest absolute Gasteiger partial charge is 0.416 e. The van der Waals surface area contributed by atoms with Gasteiger partial charge in [-0.15, -0.1) is 0 Å². The lowest BCUT2D eigenvalue weighted by Gasteiger charge is -2.43. The summed E-state index contributed by atoms with van der Waals surface area (Å²) in [5.74, 6) is -0.311. The van der Waals surface area contributed by atoms with E-state index in [0.29, 0.717) is 35.6 Å². The normalized spacial score (nSPS) is 18.1. The molecule has 41 heavy (non-hydrogen) atoms. The molecule has 9 nitrogen and oxygen atoms in total. The third-order valence-corrected chi connectivity index (χ3v) is 6.39. The van der Waals surface area contributed by atoms with Crippen LogP contribution in [0.1, 0.15) is 67.7 Å². The average Bonchev–Trinajstić information content (AvgIpc) is 2.87. The van der Waals surface area contributed by atoms with Crippen LogP contribution >= 0.6 is 0 Å². The number of amides is 1. The van der Waals surface area contributed by atoms with Crippen LogP contribution in [-0.4, -0.2) is 41.1 Å². The van der Waals surface area contributed by atoms with Crippen molar-refractivity contribution in [1.29, 1.82) is 0 Å². The number of nitrogens with two attached hydrogens (primary N) is 1. The third kappa shape index (κ3) is 7.44. The summed E-state index contributed by atoms with van der Waals surface area (Å²) in [5, 5.41) is 10.8.